The van der Waals surface area contributed by atoms with Gasteiger partial charge >= 0.3 is 6.03 Å². The number of fused-ring (bicyclic) bond motifs is 4. The molecular weight excluding hydrogens is 316 g/mol. The van der Waals surface area contributed by atoms with Gasteiger partial charge in [-0.2, -0.15) is 5.26 Å². The zero-order valence-electron chi connectivity index (χ0n) is 14.1. The van der Waals surface area contributed by atoms with Crippen molar-refractivity contribution in [2.75, 3.05) is 25.0 Å². The van der Waals surface area contributed by atoms with Crippen molar-refractivity contribution in [2.45, 2.75) is 31.7 Å². The van der Waals surface area contributed by atoms with Crippen LogP contribution < -0.4 is 5.32 Å². The summed E-state index contributed by atoms with van der Waals surface area (Å²) in [5.41, 5.74) is 1.13. The van der Waals surface area contributed by atoms with Gasteiger partial charge in [0.1, 0.15) is 0 Å². The zero-order valence-corrected chi connectivity index (χ0v) is 14.1. The van der Waals surface area contributed by atoms with Gasteiger partial charge in [0.2, 0.25) is 5.91 Å². The summed E-state index contributed by atoms with van der Waals surface area (Å²) in [5.74, 6) is 0.818. The maximum Gasteiger partial charge on any atom is 0.321 e. The second kappa shape index (κ2) is 6.40. The van der Waals surface area contributed by atoms with E-state index in [1.54, 1.807) is 29.2 Å². The third-order valence-corrected chi connectivity index (χ3v) is 5.48. The van der Waals surface area contributed by atoms with Crippen LogP contribution in [0.25, 0.3) is 0 Å². The highest BCUT2D eigenvalue weighted by Gasteiger charge is 2.43. The highest BCUT2D eigenvalue weighted by molar-refractivity contribution is 5.90. The number of piperidine rings is 1. The van der Waals surface area contributed by atoms with Crippen LogP contribution in [0, 0.1) is 23.2 Å². The molecule has 1 aliphatic carbocycles. The molecule has 3 saturated heterocycles. The number of nitriles is 1. The Balaban J connectivity index is 1.46. The van der Waals surface area contributed by atoms with Crippen molar-refractivity contribution in [1.29, 1.82) is 5.26 Å². The molecular formula is C19H22N4O2. The first-order valence-electron chi connectivity index (χ1n) is 9.00. The van der Waals surface area contributed by atoms with E-state index in [1.165, 1.54) is 12.8 Å². The van der Waals surface area contributed by atoms with Gasteiger partial charge in [-0.1, -0.05) is 6.07 Å². The lowest BCUT2D eigenvalue weighted by atomic mass is 9.94. The molecule has 0 radical (unpaired) electrons. The number of carbonyl (C=O) groups is 2. The minimum atomic E-state index is -0.187. The Labute approximate surface area is 147 Å². The highest BCUT2D eigenvalue weighted by Crippen LogP contribution is 2.35. The molecule has 1 aromatic rings. The molecule has 3 aliphatic heterocycles. The van der Waals surface area contributed by atoms with E-state index < -0.39 is 0 Å². The average Bonchev–Trinajstić information content (AvgIpc) is 3.45. The quantitative estimate of drug-likeness (QED) is 0.919. The first-order valence-corrected chi connectivity index (χ1v) is 9.00. The molecule has 25 heavy (non-hydrogen) atoms. The molecule has 1 aromatic carbocycles. The summed E-state index contributed by atoms with van der Waals surface area (Å²) in [6, 6.07) is 8.92. The third-order valence-electron chi connectivity index (χ3n) is 5.48. The molecule has 3 amide bonds. The lowest BCUT2D eigenvalue weighted by molar-refractivity contribution is -0.140. The van der Waals surface area contributed by atoms with Crippen molar-refractivity contribution in [2.24, 2.45) is 11.8 Å². The summed E-state index contributed by atoms with van der Waals surface area (Å²) in [6.45, 7) is 1.94. The number of benzene rings is 1. The number of nitrogens with one attached hydrogen (secondary N) is 1. The molecule has 1 saturated carbocycles. The molecule has 2 atom stereocenters. The van der Waals surface area contributed by atoms with Gasteiger partial charge in [0.05, 0.1) is 17.6 Å². The summed E-state index contributed by atoms with van der Waals surface area (Å²) in [4.78, 5) is 29.2. The maximum absolute atomic E-state index is 12.7. The third kappa shape index (κ3) is 3.32. The predicted octanol–water partition coefficient (Wildman–Crippen LogP) is 2.42. The van der Waals surface area contributed by atoms with Gasteiger partial charge in [0.15, 0.2) is 0 Å². The Bertz CT molecular complexity index is 737. The number of urea groups is 1. The van der Waals surface area contributed by atoms with Crippen LogP contribution >= 0.6 is 0 Å². The lowest BCUT2D eigenvalue weighted by Gasteiger charge is -2.36. The first kappa shape index (κ1) is 15.9. The van der Waals surface area contributed by atoms with E-state index in [2.05, 4.69) is 11.4 Å². The highest BCUT2D eigenvalue weighted by atomic mass is 16.2. The Morgan fingerprint density at radius 2 is 2.08 bits per heavy atom. The summed E-state index contributed by atoms with van der Waals surface area (Å²) < 4.78 is 0. The predicted molar refractivity (Wildman–Crippen MR) is 92.7 cm³/mol. The van der Waals surface area contributed by atoms with E-state index in [0.29, 0.717) is 30.3 Å². The van der Waals surface area contributed by atoms with Gasteiger partial charge < -0.3 is 15.1 Å². The average molecular weight is 338 g/mol. The van der Waals surface area contributed by atoms with Gasteiger partial charge in [-0.25, -0.2) is 4.79 Å². The van der Waals surface area contributed by atoms with Crippen LogP contribution in [0.5, 0.6) is 0 Å². The molecule has 4 aliphatic rings. The van der Waals surface area contributed by atoms with Gasteiger partial charge in [0, 0.05) is 31.4 Å². The van der Waals surface area contributed by atoms with E-state index in [4.69, 9.17) is 5.26 Å². The minimum Gasteiger partial charge on any atom is -0.337 e. The Morgan fingerprint density at radius 1 is 1.24 bits per heavy atom. The van der Waals surface area contributed by atoms with E-state index in [9.17, 15) is 9.59 Å². The van der Waals surface area contributed by atoms with E-state index >= 15 is 0 Å². The van der Waals surface area contributed by atoms with Crippen molar-refractivity contribution in [1.82, 2.24) is 9.80 Å². The number of hydrogen-bond donors (Lipinski definition) is 1. The van der Waals surface area contributed by atoms with Crippen molar-refractivity contribution >= 4 is 17.6 Å². The first-order chi connectivity index (χ1) is 12.1. The van der Waals surface area contributed by atoms with E-state index in [-0.39, 0.29) is 23.9 Å². The number of nitrogens with zero attached hydrogens (tertiary/aromatic N) is 3. The SMILES string of the molecule is N#Cc1cccc(NC(=O)N2C[C@@H]3CC[C@H](C2)N(CC2CC2)C3=O)c1. The number of carbonyl (C=O) groups excluding carboxylic acids is 2. The number of hydrogen-bond acceptors (Lipinski definition) is 3. The Morgan fingerprint density at radius 3 is 2.84 bits per heavy atom. The monoisotopic (exact) mass is 338 g/mol. The standard InChI is InChI=1S/C19H22N4O2/c20-9-14-2-1-3-16(8-14)21-19(25)22-11-15-6-7-17(12-22)23(18(15)24)10-13-4-5-13/h1-3,8,13,15,17H,4-7,10-12H2,(H,21,25)/t15-,17+/m0/s1. The van der Waals surface area contributed by atoms with Crippen LogP contribution in [0.4, 0.5) is 10.5 Å². The van der Waals surface area contributed by atoms with Crippen LogP contribution in [0.2, 0.25) is 0 Å². The normalized spacial score (nSPS) is 25.5. The van der Waals surface area contributed by atoms with Crippen molar-refractivity contribution < 1.29 is 9.59 Å². The zero-order chi connectivity index (χ0) is 17.4. The van der Waals surface area contributed by atoms with Crippen LogP contribution in [0.1, 0.15) is 31.2 Å². The molecule has 2 bridgehead atoms. The molecule has 130 valence electrons. The van der Waals surface area contributed by atoms with Crippen molar-refractivity contribution in [3.63, 3.8) is 0 Å². The smallest absolute Gasteiger partial charge is 0.321 e. The number of anilines is 1. The lowest BCUT2D eigenvalue weighted by Crippen LogP contribution is -2.49. The van der Waals surface area contributed by atoms with E-state index in [1.807, 2.05) is 4.90 Å². The van der Waals surface area contributed by atoms with Crippen LogP contribution in [-0.2, 0) is 4.79 Å². The minimum absolute atomic E-state index is 0.0753. The van der Waals surface area contributed by atoms with Gasteiger partial charge in [-0.15, -0.1) is 0 Å². The summed E-state index contributed by atoms with van der Waals surface area (Å²) in [6.07, 6.45) is 4.30. The van der Waals surface area contributed by atoms with Gasteiger partial charge in [0.25, 0.3) is 0 Å². The molecule has 0 aromatic heterocycles. The van der Waals surface area contributed by atoms with Crippen molar-refractivity contribution in [3.8, 4) is 6.07 Å². The van der Waals surface area contributed by atoms with Crippen LogP contribution in [0.3, 0.4) is 0 Å². The topological polar surface area (TPSA) is 76.4 Å². The summed E-state index contributed by atoms with van der Waals surface area (Å²) in [5, 5.41) is 11.9. The second-order valence-electron chi connectivity index (χ2n) is 7.39. The molecule has 0 unspecified atom stereocenters. The molecule has 6 heteroatoms. The molecule has 4 fully saturated rings. The molecule has 1 N–H and O–H groups in total. The van der Waals surface area contributed by atoms with Crippen LogP contribution in [-0.4, -0.2) is 47.4 Å². The van der Waals surface area contributed by atoms with E-state index in [0.717, 1.165) is 19.4 Å². The summed E-state index contributed by atoms with van der Waals surface area (Å²) in [7, 11) is 0. The molecule has 0 spiro atoms. The molecule has 5 rings (SSSR count). The maximum atomic E-state index is 12.7. The van der Waals surface area contributed by atoms with Crippen LogP contribution in [0.15, 0.2) is 24.3 Å². The van der Waals surface area contributed by atoms with Gasteiger partial charge in [-0.05, 0) is 49.8 Å². The fourth-order valence-electron chi connectivity index (χ4n) is 3.89. The second-order valence-corrected chi connectivity index (χ2v) is 7.39. The molecule has 3 heterocycles. The fourth-order valence-corrected chi connectivity index (χ4v) is 3.89. The molecule has 6 nitrogen and oxygen atoms in total. The Kier molecular flexibility index (Phi) is 4.08. The fraction of sp³-hybridized carbons (Fsp3) is 0.526. The number of rotatable bonds is 3. The Hall–Kier alpha value is -2.55. The largest absolute Gasteiger partial charge is 0.337 e. The summed E-state index contributed by atoms with van der Waals surface area (Å²) >= 11 is 0. The van der Waals surface area contributed by atoms with Gasteiger partial charge in [-0.3, -0.25) is 4.79 Å². The van der Waals surface area contributed by atoms with Crippen molar-refractivity contribution in [3.05, 3.63) is 29.8 Å². The number of amides is 3.